The average molecular weight is 261 g/mol. The van der Waals surface area contributed by atoms with E-state index in [1.54, 1.807) is 0 Å². The number of rotatable bonds is 2. The van der Waals surface area contributed by atoms with Crippen molar-refractivity contribution >= 4 is 5.97 Å². The van der Waals surface area contributed by atoms with E-state index in [9.17, 15) is 9.90 Å². The summed E-state index contributed by atoms with van der Waals surface area (Å²) in [7, 11) is 0. The van der Waals surface area contributed by atoms with Crippen LogP contribution in [0.25, 0.3) is 0 Å². The van der Waals surface area contributed by atoms with E-state index < -0.39 is 12.1 Å². The van der Waals surface area contributed by atoms with Crippen molar-refractivity contribution in [3.63, 3.8) is 0 Å². The summed E-state index contributed by atoms with van der Waals surface area (Å²) in [5.74, 6) is -0.448. The van der Waals surface area contributed by atoms with E-state index in [-0.39, 0.29) is 5.41 Å². The number of aliphatic hydroxyl groups is 1. The van der Waals surface area contributed by atoms with Crippen LogP contribution in [-0.2, 0) is 16.1 Å². The van der Waals surface area contributed by atoms with Crippen molar-refractivity contribution in [3.05, 3.63) is 35.9 Å². The monoisotopic (exact) mass is 261 g/mol. The van der Waals surface area contributed by atoms with Gasteiger partial charge in [-0.15, -0.1) is 0 Å². The van der Waals surface area contributed by atoms with E-state index >= 15 is 0 Å². The number of hydrogen-bond acceptors (Lipinski definition) is 4. The van der Waals surface area contributed by atoms with Crippen LogP contribution in [0.1, 0.15) is 18.4 Å². The first kappa shape index (κ1) is 12.6. The lowest BCUT2D eigenvalue weighted by Crippen LogP contribution is -2.46. The fourth-order valence-corrected chi connectivity index (χ4v) is 3.04. The Hall–Kier alpha value is -1.39. The first-order valence-electron chi connectivity index (χ1n) is 6.81. The maximum absolute atomic E-state index is 11.3. The second-order valence-corrected chi connectivity index (χ2v) is 5.63. The number of aliphatic hydroxyl groups excluding tert-OH is 1. The number of benzene rings is 1. The van der Waals surface area contributed by atoms with Gasteiger partial charge in [-0.3, -0.25) is 4.90 Å². The third-order valence-corrected chi connectivity index (χ3v) is 4.41. The van der Waals surface area contributed by atoms with Crippen molar-refractivity contribution in [2.75, 3.05) is 19.7 Å². The molecule has 1 spiro atoms. The van der Waals surface area contributed by atoms with E-state index in [0.29, 0.717) is 6.61 Å². The highest BCUT2D eigenvalue weighted by Crippen LogP contribution is 2.40. The Balaban J connectivity index is 1.59. The van der Waals surface area contributed by atoms with Crippen LogP contribution in [0.2, 0.25) is 0 Å². The summed E-state index contributed by atoms with van der Waals surface area (Å²) >= 11 is 0. The fourth-order valence-electron chi connectivity index (χ4n) is 3.04. The second-order valence-electron chi connectivity index (χ2n) is 5.63. The number of esters is 1. The molecule has 0 bridgehead atoms. The molecular formula is C15H19NO3. The van der Waals surface area contributed by atoms with E-state index in [2.05, 4.69) is 17.0 Å². The van der Waals surface area contributed by atoms with Crippen molar-refractivity contribution in [3.8, 4) is 0 Å². The van der Waals surface area contributed by atoms with Crippen molar-refractivity contribution in [2.24, 2.45) is 5.41 Å². The molecule has 0 saturated carbocycles. The van der Waals surface area contributed by atoms with Crippen LogP contribution in [0.5, 0.6) is 0 Å². The van der Waals surface area contributed by atoms with Gasteiger partial charge in [0.2, 0.25) is 0 Å². The zero-order valence-corrected chi connectivity index (χ0v) is 10.9. The Kier molecular flexibility index (Phi) is 3.29. The Morgan fingerprint density at radius 1 is 1.26 bits per heavy atom. The summed E-state index contributed by atoms with van der Waals surface area (Å²) in [4.78, 5) is 13.7. The SMILES string of the molecule is O=C1OCC2(CCN(Cc3ccccc3)CC2)C1O. The highest BCUT2D eigenvalue weighted by molar-refractivity contribution is 5.77. The molecule has 1 aromatic carbocycles. The van der Waals surface area contributed by atoms with Crippen molar-refractivity contribution < 1.29 is 14.6 Å². The fraction of sp³-hybridized carbons (Fsp3) is 0.533. The molecule has 0 radical (unpaired) electrons. The topological polar surface area (TPSA) is 49.8 Å². The van der Waals surface area contributed by atoms with E-state index in [1.807, 2.05) is 18.2 Å². The summed E-state index contributed by atoms with van der Waals surface area (Å²) in [5.41, 5.74) is 0.974. The van der Waals surface area contributed by atoms with Crippen LogP contribution in [0, 0.1) is 5.41 Å². The van der Waals surface area contributed by atoms with Gasteiger partial charge in [0.15, 0.2) is 6.10 Å². The number of hydrogen-bond donors (Lipinski definition) is 1. The Labute approximate surface area is 113 Å². The quantitative estimate of drug-likeness (QED) is 0.812. The maximum Gasteiger partial charge on any atom is 0.335 e. The first-order valence-corrected chi connectivity index (χ1v) is 6.81. The number of carbonyl (C=O) groups is 1. The van der Waals surface area contributed by atoms with Gasteiger partial charge >= 0.3 is 5.97 Å². The molecule has 1 unspecified atom stereocenters. The number of likely N-dealkylation sites (tertiary alicyclic amines) is 1. The van der Waals surface area contributed by atoms with Gasteiger partial charge in [0.1, 0.15) is 6.61 Å². The molecule has 19 heavy (non-hydrogen) atoms. The predicted octanol–water partition coefficient (Wildman–Crippen LogP) is 1.19. The van der Waals surface area contributed by atoms with Crippen molar-refractivity contribution in [2.45, 2.75) is 25.5 Å². The summed E-state index contributed by atoms with van der Waals surface area (Å²) < 4.78 is 5.00. The maximum atomic E-state index is 11.3. The minimum absolute atomic E-state index is 0.329. The minimum Gasteiger partial charge on any atom is -0.463 e. The van der Waals surface area contributed by atoms with Crippen LogP contribution < -0.4 is 0 Å². The second kappa shape index (κ2) is 4.94. The highest BCUT2D eigenvalue weighted by atomic mass is 16.6. The van der Waals surface area contributed by atoms with Crippen LogP contribution in [0.4, 0.5) is 0 Å². The Morgan fingerprint density at radius 3 is 2.53 bits per heavy atom. The van der Waals surface area contributed by atoms with Gasteiger partial charge in [-0.1, -0.05) is 30.3 Å². The zero-order valence-electron chi connectivity index (χ0n) is 10.9. The molecule has 1 N–H and O–H groups in total. The Morgan fingerprint density at radius 2 is 1.95 bits per heavy atom. The molecule has 1 atom stereocenters. The molecule has 2 aliphatic heterocycles. The lowest BCUT2D eigenvalue weighted by Gasteiger charge is -2.38. The molecule has 0 aromatic heterocycles. The molecule has 2 fully saturated rings. The smallest absolute Gasteiger partial charge is 0.335 e. The Bertz CT molecular complexity index is 452. The molecule has 3 rings (SSSR count). The standard InChI is InChI=1S/C15H19NO3/c17-13-14(18)19-11-15(13)6-8-16(9-7-15)10-12-4-2-1-3-5-12/h1-5,13,17H,6-11H2. The number of piperidine rings is 1. The molecule has 2 saturated heterocycles. The van der Waals surface area contributed by atoms with E-state index in [0.717, 1.165) is 32.5 Å². The summed E-state index contributed by atoms with van der Waals surface area (Å²) in [6.07, 6.45) is 0.728. The highest BCUT2D eigenvalue weighted by Gasteiger charge is 2.50. The summed E-state index contributed by atoms with van der Waals surface area (Å²) in [6.45, 7) is 3.12. The molecule has 1 aromatic rings. The van der Waals surface area contributed by atoms with Gasteiger partial charge in [0, 0.05) is 12.0 Å². The molecule has 0 aliphatic carbocycles. The van der Waals surface area contributed by atoms with Crippen LogP contribution in [0.15, 0.2) is 30.3 Å². The zero-order chi connectivity index (χ0) is 13.3. The number of ether oxygens (including phenoxy) is 1. The third kappa shape index (κ3) is 2.38. The molecule has 2 aliphatic rings. The third-order valence-electron chi connectivity index (χ3n) is 4.41. The minimum atomic E-state index is -0.925. The van der Waals surface area contributed by atoms with Gasteiger partial charge in [-0.2, -0.15) is 0 Å². The summed E-state index contributed by atoms with van der Waals surface area (Å²) in [5, 5.41) is 9.96. The van der Waals surface area contributed by atoms with E-state index in [1.165, 1.54) is 5.56 Å². The molecule has 4 nitrogen and oxygen atoms in total. The summed E-state index contributed by atoms with van der Waals surface area (Å²) in [6, 6.07) is 10.4. The van der Waals surface area contributed by atoms with E-state index in [4.69, 9.17) is 4.74 Å². The van der Waals surface area contributed by atoms with Crippen molar-refractivity contribution in [1.29, 1.82) is 0 Å². The molecule has 0 amide bonds. The molecule has 4 heteroatoms. The van der Waals surface area contributed by atoms with Crippen LogP contribution >= 0.6 is 0 Å². The molecule has 2 heterocycles. The van der Waals surface area contributed by atoms with Crippen molar-refractivity contribution in [1.82, 2.24) is 4.90 Å². The van der Waals surface area contributed by atoms with Gasteiger partial charge in [0.25, 0.3) is 0 Å². The predicted molar refractivity (Wildman–Crippen MR) is 70.4 cm³/mol. The number of carbonyl (C=O) groups excluding carboxylic acids is 1. The van der Waals surface area contributed by atoms with Gasteiger partial charge < -0.3 is 9.84 Å². The molecule has 102 valence electrons. The lowest BCUT2D eigenvalue weighted by molar-refractivity contribution is -0.145. The van der Waals surface area contributed by atoms with Gasteiger partial charge in [0.05, 0.1) is 0 Å². The first-order chi connectivity index (χ1) is 9.20. The largest absolute Gasteiger partial charge is 0.463 e. The molecular weight excluding hydrogens is 242 g/mol. The number of nitrogens with zero attached hydrogens (tertiary/aromatic N) is 1. The van der Waals surface area contributed by atoms with Gasteiger partial charge in [-0.25, -0.2) is 4.79 Å². The van der Waals surface area contributed by atoms with Crippen LogP contribution in [0.3, 0.4) is 0 Å². The van der Waals surface area contributed by atoms with Crippen LogP contribution in [-0.4, -0.2) is 41.8 Å². The average Bonchev–Trinajstić information content (AvgIpc) is 2.72. The van der Waals surface area contributed by atoms with Gasteiger partial charge in [-0.05, 0) is 31.5 Å². The lowest BCUT2D eigenvalue weighted by atomic mass is 9.76. The number of cyclic esters (lactones) is 1. The normalized spacial score (nSPS) is 26.6.